The first kappa shape index (κ1) is 6.09. The minimum Gasteiger partial charge on any atom is -0.313 e. The van der Waals surface area contributed by atoms with E-state index in [2.05, 4.69) is 16.0 Å². The summed E-state index contributed by atoms with van der Waals surface area (Å²) in [5.41, 5.74) is 0.489. The molecule has 1 N–H and O–H groups in total. The van der Waals surface area contributed by atoms with Gasteiger partial charge >= 0.3 is 0 Å². The van der Waals surface area contributed by atoms with Crippen molar-refractivity contribution in [1.29, 1.82) is 0 Å². The van der Waals surface area contributed by atoms with Crippen molar-refractivity contribution in [1.82, 2.24) is 9.97 Å². The first-order valence-electron chi connectivity index (χ1n) is 3.22. The van der Waals surface area contributed by atoms with E-state index in [1.807, 2.05) is 0 Å². The van der Waals surface area contributed by atoms with Crippen LogP contribution in [0.15, 0.2) is 29.3 Å². The lowest BCUT2D eigenvalue weighted by molar-refractivity contribution is 1.17. The summed E-state index contributed by atoms with van der Waals surface area (Å²) < 4.78 is 0. The molecule has 0 bridgehead atoms. The van der Waals surface area contributed by atoms with Crippen molar-refractivity contribution in [2.24, 2.45) is 0 Å². The molecule has 2 aromatic rings. The minimum atomic E-state index is -0.119. The van der Waals surface area contributed by atoms with Gasteiger partial charge in [-0.1, -0.05) is 12.1 Å². The molecule has 1 aromatic heterocycles. The quantitative estimate of drug-likeness (QED) is 0.593. The number of aromatic amines is 1. The van der Waals surface area contributed by atoms with E-state index in [1.54, 1.807) is 18.2 Å². The van der Waals surface area contributed by atoms with Gasteiger partial charge in [-0.25, -0.2) is 4.98 Å². The molecule has 0 aliphatic rings. The summed E-state index contributed by atoms with van der Waals surface area (Å²) in [6, 6.07) is 8.07. The highest BCUT2D eigenvalue weighted by molar-refractivity contribution is 5.76. The summed E-state index contributed by atoms with van der Waals surface area (Å²) in [7, 11) is 0. The van der Waals surface area contributed by atoms with E-state index in [4.69, 9.17) is 0 Å². The van der Waals surface area contributed by atoms with Gasteiger partial charge in [-0.05, 0) is 6.07 Å². The monoisotopic (exact) mass is 145 g/mol. The molecule has 0 saturated carbocycles. The predicted molar refractivity (Wildman–Crippen MR) is 41.2 cm³/mol. The van der Waals surface area contributed by atoms with Crippen LogP contribution in [0.3, 0.4) is 0 Å². The Hall–Kier alpha value is -1.64. The minimum absolute atomic E-state index is 0.119. The van der Waals surface area contributed by atoms with Crippen molar-refractivity contribution in [3.63, 3.8) is 0 Å². The Morgan fingerprint density at radius 3 is 3.27 bits per heavy atom. The smallest absolute Gasteiger partial charge is 0.258 e. The van der Waals surface area contributed by atoms with Gasteiger partial charge in [-0.15, -0.1) is 0 Å². The second kappa shape index (κ2) is 2.20. The van der Waals surface area contributed by atoms with Crippen molar-refractivity contribution >= 4 is 10.9 Å². The molecule has 3 nitrogen and oxygen atoms in total. The second-order valence-electron chi connectivity index (χ2n) is 2.16. The van der Waals surface area contributed by atoms with E-state index >= 15 is 0 Å². The molecule has 11 heavy (non-hydrogen) atoms. The van der Waals surface area contributed by atoms with Gasteiger partial charge in [-0.3, -0.25) is 4.79 Å². The summed E-state index contributed by atoms with van der Waals surface area (Å²) in [5, 5.41) is 0.579. The zero-order valence-electron chi connectivity index (χ0n) is 5.66. The number of nitrogens with one attached hydrogen (secondary N) is 1. The molecule has 1 radical (unpaired) electrons. The molecule has 0 saturated heterocycles. The lowest BCUT2D eigenvalue weighted by atomic mass is 10.2. The average molecular weight is 145 g/mol. The average Bonchev–Trinajstić information content (AvgIpc) is 2.06. The summed E-state index contributed by atoms with van der Waals surface area (Å²) in [4.78, 5) is 17.5. The van der Waals surface area contributed by atoms with Gasteiger partial charge in [0.05, 0.1) is 17.2 Å². The highest BCUT2D eigenvalue weighted by Gasteiger charge is 1.94. The molecule has 0 unspecified atom stereocenters. The van der Waals surface area contributed by atoms with Crippen molar-refractivity contribution in [2.45, 2.75) is 0 Å². The van der Waals surface area contributed by atoms with Gasteiger partial charge < -0.3 is 4.98 Å². The number of rotatable bonds is 0. The number of H-pyrrole nitrogens is 1. The Morgan fingerprint density at radius 2 is 2.45 bits per heavy atom. The van der Waals surface area contributed by atoms with Crippen molar-refractivity contribution in [3.05, 3.63) is 40.9 Å². The summed E-state index contributed by atoms with van der Waals surface area (Å²) in [6.07, 6.45) is 1.38. The van der Waals surface area contributed by atoms with Crippen LogP contribution < -0.4 is 5.56 Å². The molecule has 0 aliphatic heterocycles. The largest absolute Gasteiger partial charge is 0.313 e. The zero-order valence-corrected chi connectivity index (χ0v) is 5.66. The maximum atomic E-state index is 11.1. The maximum absolute atomic E-state index is 11.1. The van der Waals surface area contributed by atoms with Crippen LogP contribution in [-0.2, 0) is 0 Å². The number of hydrogen-bond acceptors (Lipinski definition) is 2. The number of para-hydroxylation sites is 1. The van der Waals surface area contributed by atoms with Gasteiger partial charge in [0.1, 0.15) is 0 Å². The maximum Gasteiger partial charge on any atom is 0.258 e. The summed E-state index contributed by atoms with van der Waals surface area (Å²) >= 11 is 0. The fourth-order valence-corrected chi connectivity index (χ4v) is 0.951. The molecular formula is C8H5N2O. The van der Waals surface area contributed by atoms with Gasteiger partial charge in [0, 0.05) is 6.07 Å². The molecule has 0 atom stereocenters. The lowest BCUT2D eigenvalue weighted by Crippen LogP contribution is -2.05. The number of nitrogens with zero attached hydrogens (tertiary/aromatic N) is 1. The van der Waals surface area contributed by atoms with Crippen molar-refractivity contribution in [3.8, 4) is 0 Å². The molecule has 53 valence electrons. The third kappa shape index (κ3) is 0.902. The van der Waals surface area contributed by atoms with Gasteiger partial charge in [0.15, 0.2) is 0 Å². The topological polar surface area (TPSA) is 45.8 Å². The second-order valence-corrected chi connectivity index (χ2v) is 2.16. The predicted octanol–water partition coefficient (Wildman–Crippen LogP) is 0.723. The van der Waals surface area contributed by atoms with Crippen molar-refractivity contribution < 1.29 is 0 Å². The van der Waals surface area contributed by atoms with E-state index in [-0.39, 0.29) is 5.56 Å². The van der Waals surface area contributed by atoms with Crippen molar-refractivity contribution in [2.75, 3.05) is 0 Å². The summed E-state index contributed by atoms with van der Waals surface area (Å²) in [6.45, 7) is 0. The highest BCUT2D eigenvalue weighted by Crippen LogP contribution is 2.01. The van der Waals surface area contributed by atoms with E-state index in [0.717, 1.165) is 0 Å². The molecule has 2 rings (SSSR count). The van der Waals surface area contributed by atoms with Gasteiger partial charge in [-0.2, -0.15) is 0 Å². The number of fused-ring (bicyclic) bond motifs is 1. The summed E-state index contributed by atoms with van der Waals surface area (Å²) in [5.74, 6) is 0. The van der Waals surface area contributed by atoms with E-state index in [0.29, 0.717) is 10.9 Å². The highest BCUT2D eigenvalue weighted by atomic mass is 16.1. The van der Waals surface area contributed by atoms with Crippen LogP contribution in [0.25, 0.3) is 10.9 Å². The Kier molecular flexibility index (Phi) is 1.22. The van der Waals surface area contributed by atoms with Crippen LogP contribution in [0.1, 0.15) is 0 Å². The molecule has 1 heterocycles. The SMILES string of the molecule is O=c1[nH]cnc2[c]cccc12. The van der Waals surface area contributed by atoms with E-state index in [9.17, 15) is 4.79 Å². The fraction of sp³-hybridized carbons (Fsp3) is 0. The standard InChI is InChI=1S/C8H5N2O/c11-8-6-3-1-2-4-7(6)9-5-10-8/h1-3,5H,(H,9,10,11). The van der Waals surface area contributed by atoms with Crippen LogP contribution >= 0.6 is 0 Å². The molecule has 3 heteroatoms. The van der Waals surface area contributed by atoms with Crippen LogP contribution in [-0.4, -0.2) is 9.97 Å². The Bertz CT molecular complexity index is 428. The Labute approximate surface area is 62.7 Å². The zero-order chi connectivity index (χ0) is 7.68. The lowest BCUT2D eigenvalue weighted by Gasteiger charge is -1.90. The number of aromatic nitrogens is 2. The van der Waals surface area contributed by atoms with Crippen LogP contribution in [0.2, 0.25) is 0 Å². The van der Waals surface area contributed by atoms with E-state index in [1.165, 1.54) is 6.33 Å². The fourth-order valence-electron chi connectivity index (χ4n) is 0.951. The molecule has 0 aliphatic carbocycles. The van der Waals surface area contributed by atoms with Crippen LogP contribution in [0.5, 0.6) is 0 Å². The van der Waals surface area contributed by atoms with Gasteiger partial charge in [0.2, 0.25) is 0 Å². The van der Waals surface area contributed by atoms with E-state index < -0.39 is 0 Å². The third-order valence-electron chi connectivity index (χ3n) is 1.47. The first-order chi connectivity index (χ1) is 5.38. The van der Waals surface area contributed by atoms with Crippen LogP contribution in [0.4, 0.5) is 0 Å². The number of benzene rings is 1. The Morgan fingerprint density at radius 1 is 1.55 bits per heavy atom. The Balaban J connectivity index is 3.03. The first-order valence-corrected chi connectivity index (χ1v) is 3.22. The number of hydrogen-bond donors (Lipinski definition) is 1. The van der Waals surface area contributed by atoms with Crippen LogP contribution in [0, 0.1) is 6.07 Å². The molecule has 1 aromatic carbocycles. The molecule has 0 spiro atoms. The van der Waals surface area contributed by atoms with Gasteiger partial charge in [0.25, 0.3) is 5.56 Å². The normalized spacial score (nSPS) is 10.2. The molecule has 0 fully saturated rings. The molecule has 0 amide bonds. The third-order valence-corrected chi connectivity index (χ3v) is 1.47. The molecular weight excluding hydrogens is 140 g/mol.